The van der Waals surface area contributed by atoms with Crippen molar-refractivity contribution in [2.75, 3.05) is 11.9 Å². The van der Waals surface area contributed by atoms with Gasteiger partial charge in [0, 0.05) is 24.7 Å². The highest BCUT2D eigenvalue weighted by molar-refractivity contribution is 5.89. The maximum Gasteiger partial charge on any atom is 0.319 e. The molecule has 0 radical (unpaired) electrons. The minimum atomic E-state index is -0.870. The molecular weight excluding hydrogens is 260 g/mol. The Balaban J connectivity index is 2.39. The number of aliphatic carboxylic acids is 1. The fourth-order valence-corrected chi connectivity index (χ4v) is 1.54. The van der Waals surface area contributed by atoms with Crippen molar-refractivity contribution < 1.29 is 19.4 Å². The molecule has 0 unspecified atom stereocenters. The largest absolute Gasteiger partial charge is 0.491 e. The molecule has 0 aromatic heterocycles. The van der Waals surface area contributed by atoms with E-state index in [1.54, 1.807) is 18.2 Å². The Hall–Kier alpha value is -2.24. The van der Waals surface area contributed by atoms with E-state index in [2.05, 4.69) is 10.6 Å². The van der Waals surface area contributed by atoms with E-state index in [4.69, 9.17) is 9.84 Å². The van der Waals surface area contributed by atoms with Crippen molar-refractivity contribution in [2.45, 2.75) is 32.8 Å². The quantitative estimate of drug-likeness (QED) is 0.669. The molecule has 2 amide bonds. The summed E-state index contributed by atoms with van der Waals surface area (Å²) in [7, 11) is 0. The van der Waals surface area contributed by atoms with Gasteiger partial charge in [0.05, 0.1) is 6.10 Å². The first-order valence-electron chi connectivity index (χ1n) is 6.50. The molecule has 6 heteroatoms. The van der Waals surface area contributed by atoms with Crippen molar-refractivity contribution >= 4 is 17.7 Å². The molecule has 1 rings (SSSR count). The zero-order valence-corrected chi connectivity index (χ0v) is 11.7. The molecule has 0 saturated heterocycles. The standard InChI is InChI=1S/C14H20N2O4/c1-10(2)20-12-6-3-5-11(9-12)16-14(19)15-8-4-7-13(17)18/h3,5-6,9-10H,4,7-8H2,1-2H3,(H,17,18)(H2,15,16,19). The average molecular weight is 280 g/mol. The van der Waals surface area contributed by atoms with Crippen LogP contribution in [0.2, 0.25) is 0 Å². The molecule has 0 aliphatic rings. The lowest BCUT2D eigenvalue weighted by molar-refractivity contribution is -0.137. The zero-order chi connectivity index (χ0) is 15.0. The Morgan fingerprint density at radius 2 is 2.10 bits per heavy atom. The van der Waals surface area contributed by atoms with E-state index in [-0.39, 0.29) is 18.6 Å². The summed E-state index contributed by atoms with van der Waals surface area (Å²) in [5.41, 5.74) is 0.624. The number of rotatable bonds is 7. The van der Waals surface area contributed by atoms with Gasteiger partial charge in [0.25, 0.3) is 0 Å². The molecule has 1 aromatic carbocycles. The van der Waals surface area contributed by atoms with Crippen molar-refractivity contribution in [3.8, 4) is 5.75 Å². The summed E-state index contributed by atoms with van der Waals surface area (Å²) >= 11 is 0. The minimum absolute atomic E-state index is 0.0397. The zero-order valence-electron chi connectivity index (χ0n) is 11.7. The molecule has 0 atom stereocenters. The number of carboxylic acids is 1. The predicted octanol–water partition coefficient (Wildman–Crippen LogP) is 2.46. The van der Waals surface area contributed by atoms with Crippen LogP contribution < -0.4 is 15.4 Å². The summed E-state index contributed by atoms with van der Waals surface area (Å²) in [6.45, 7) is 4.17. The number of amides is 2. The molecule has 1 aromatic rings. The first-order valence-corrected chi connectivity index (χ1v) is 6.50. The van der Waals surface area contributed by atoms with Crippen molar-refractivity contribution in [3.63, 3.8) is 0 Å². The number of anilines is 1. The maximum absolute atomic E-state index is 11.6. The number of ether oxygens (including phenoxy) is 1. The van der Waals surface area contributed by atoms with E-state index in [9.17, 15) is 9.59 Å². The van der Waals surface area contributed by atoms with Crippen LogP contribution in [0.5, 0.6) is 5.75 Å². The van der Waals surface area contributed by atoms with E-state index in [1.807, 2.05) is 19.9 Å². The van der Waals surface area contributed by atoms with E-state index in [0.29, 0.717) is 24.4 Å². The lowest BCUT2D eigenvalue weighted by Gasteiger charge is -2.12. The Morgan fingerprint density at radius 3 is 2.75 bits per heavy atom. The van der Waals surface area contributed by atoms with Crippen molar-refractivity contribution in [1.82, 2.24) is 5.32 Å². The van der Waals surface area contributed by atoms with Gasteiger partial charge >= 0.3 is 12.0 Å². The monoisotopic (exact) mass is 280 g/mol. The van der Waals surface area contributed by atoms with Gasteiger partial charge in [-0.25, -0.2) is 4.79 Å². The van der Waals surface area contributed by atoms with Gasteiger partial charge in [-0.3, -0.25) is 4.79 Å². The Morgan fingerprint density at radius 1 is 1.35 bits per heavy atom. The summed E-state index contributed by atoms with van der Waals surface area (Å²) < 4.78 is 5.52. The normalized spacial score (nSPS) is 10.2. The van der Waals surface area contributed by atoms with Crippen molar-refractivity contribution in [1.29, 1.82) is 0 Å². The van der Waals surface area contributed by atoms with Crippen LogP contribution in [-0.4, -0.2) is 29.8 Å². The summed E-state index contributed by atoms with van der Waals surface area (Å²) in [5, 5.41) is 13.7. The molecule has 3 N–H and O–H groups in total. The van der Waals surface area contributed by atoms with E-state index in [0.717, 1.165) is 0 Å². The van der Waals surface area contributed by atoms with Gasteiger partial charge in [-0.2, -0.15) is 0 Å². The average Bonchev–Trinajstić information content (AvgIpc) is 2.34. The Bertz CT molecular complexity index is 460. The molecule has 110 valence electrons. The second-order valence-electron chi connectivity index (χ2n) is 4.57. The van der Waals surface area contributed by atoms with Crippen LogP contribution >= 0.6 is 0 Å². The van der Waals surface area contributed by atoms with Crippen LogP contribution in [0.1, 0.15) is 26.7 Å². The second-order valence-corrected chi connectivity index (χ2v) is 4.57. The van der Waals surface area contributed by atoms with Gasteiger partial charge in [0.2, 0.25) is 0 Å². The first kappa shape index (κ1) is 15.8. The topological polar surface area (TPSA) is 87.7 Å². The molecule has 20 heavy (non-hydrogen) atoms. The van der Waals surface area contributed by atoms with Gasteiger partial charge in [-0.15, -0.1) is 0 Å². The molecule has 0 saturated carbocycles. The fraction of sp³-hybridized carbons (Fsp3) is 0.429. The smallest absolute Gasteiger partial charge is 0.319 e. The molecule has 0 fully saturated rings. The molecule has 0 spiro atoms. The molecular formula is C14H20N2O4. The number of carbonyl (C=O) groups is 2. The van der Waals surface area contributed by atoms with Crippen LogP contribution in [0.3, 0.4) is 0 Å². The van der Waals surface area contributed by atoms with Crippen molar-refractivity contribution in [3.05, 3.63) is 24.3 Å². The fourth-order valence-electron chi connectivity index (χ4n) is 1.54. The Labute approximate surface area is 118 Å². The van der Waals surface area contributed by atoms with Gasteiger partial charge in [0.1, 0.15) is 5.75 Å². The molecule has 0 heterocycles. The number of benzene rings is 1. The lowest BCUT2D eigenvalue weighted by Crippen LogP contribution is -2.29. The highest BCUT2D eigenvalue weighted by Crippen LogP contribution is 2.18. The summed E-state index contributed by atoms with van der Waals surface area (Å²) in [6, 6.07) is 6.73. The Kier molecular flexibility index (Phi) is 6.36. The van der Waals surface area contributed by atoms with Crippen LogP contribution in [0.4, 0.5) is 10.5 Å². The number of hydrogen-bond donors (Lipinski definition) is 3. The van der Waals surface area contributed by atoms with Crippen LogP contribution in [0, 0.1) is 0 Å². The first-order chi connectivity index (χ1) is 9.47. The highest BCUT2D eigenvalue weighted by Gasteiger charge is 2.04. The predicted molar refractivity (Wildman–Crippen MR) is 76.1 cm³/mol. The third kappa shape index (κ3) is 6.63. The number of urea groups is 1. The van der Waals surface area contributed by atoms with Crippen LogP contribution in [0.15, 0.2) is 24.3 Å². The highest BCUT2D eigenvalue weighted by atomic mass is 16.5. The molecule has 0 bridgehead atoms. The van der Waals surface area contributed by atoms with Gasteiger partial charge < -0.3 is 20.5 Å². The lowest BCUT2D eigenvalue weighted by atomic mass is 10.3. The third-order valence-corrected chi connectivity index (χ3v) is 2.32. The second kappa shape index (κ2) is 8.04. The van der Waals surface area contributed by atoms with Crippen molar-refractivity contribution in [2.24, 2.45) is 0 Å². The van der Waals surface area contributed by atoms with Gasteiger partial charge in [0.15, 0.2) is 0 Å². The number of hydrogen-bond acceptors (Lipinski definition) is 3. The maximum atomic E-state index is 11.6. The number of carboxylic acid groups (broad SMARTS) is 1. The summed E-state index contributed by atoms with van der Waals surface area (Å²) in [4.78, 5) is 21.9. The summed E-state index contributed by atoms with van der Waals surface area (Å²) in [5.74, 6) is -0.186. The summed E-state index contributed by atoms with van der Waals surface area (Å²) in [6.07, 6.45) is 0.507. The third-order valence-electron chi connectivity index (χ3n) is 2.32. The molecule has 0 aliphatic heterocycles. The SMILES string of the molecule is CC(C)Oc1cccc(NC(=O)NCCCC(=O)O)c1. The van der Waals surface area contributed by atoms with E-state index < -0.39 is 5.97 Å². The van der Waals surface area contributed by atoms with E-state index in [1.165, 1.54) is 0 Å². The number of nitrogens with one attached hydrogen (secondary N) is 2. The van der Waals surface area contributed by atoms with Gasteiger partial charge in [-0.1, -0.05) is 6.07 Å². The minimum Gasteiger partial charge on any atom is -0.491 e. The van der Waals surface area contributed by atoms with E-state index >= 15 is 0 Å². The number of carbonyl (C=O) groups excluding carboxylic acids is 1. The van der Waals surface area contributed by atoms with Gasteiger partial charge in [-0.05, 0) is 32.4 Å². The molecule has 6 nitrogen and oxygen atoms in total. The van der Waals surface area contributed by atoms with Crippen LogP contribution in [-0.2, 0) is 4.79 Å². The molecule has 0 aliphatic carbocycles. The van der Waals surface area contributed by atoms with Crippen LogP contribution in [0.25, 0.3) is 0 Å².